The van der Waals surface area contributed by atoms with Crippen molar-refractivity contribution in [2.24, 2.45) is 7.05 Å². The summed E-state index contributed by atoms with van der Waals surface area (Å²) in [5.74, 6) is 1.87. The van der Waals surface area contributed by atoms with Crippen LogP contribution < -0.4 is 0 Å². The average molecular weight is 284 g/mol. The van der Waals surface area contributed by atoms with Crippen LogP contribution in [0.5, 0.6) is 0 Å². The molecule has 1 aliphatic heterocycles. The first-order valence-electron chi connectivity index (χ1n) is 7.93. The first-order valence-corrected chi connectivity index (χ1v) is 7.93. The second kappa shape index (κ2) is 5.98. The molecule has 1 saturated heterocycles. The Hall–Kier alpha value is -1.68. The van der Waals surface area contributed by atoms with Gasteiger partial charge in [0, 0.05) is 25.1 Å². The molecule has 1 aliphatic rings. The predicted molar refractivity (Wildman–Crippen MR) is 85.0 cm³/mol. The van der Waals surface area contributed by atoms with E-state index in [1.165, 1.54) is 31.5 Å². The van der Waals surface area contributed by atoms with Crippen LogP contribution in [0.25, 0.3) is 11.4 Å². The number of hydrogen-bond donors (Lipinski definition) is 0. The molecule has 21 heavy (non-hydrogen) atoms. The van der Waals surface area contributed by atoms with Crippen LogP contribution in [0.2, 0.25) is 0 Å². The molecule has 2 heterocycles. The van der Waals surface area contributed by atoms with Crippen LogP contribution in [0.4, 0.5) is 0 Å². The highest BCUT2D eigenvalue weighted by Crippen LogP contribution is 2.27. The normalized spacial score (nSPS) is 17.3. The first-order chi connectivity index (χ1) is 10.2. The Balaban J connectivity index is 1.90. The van der Waals surface area contributed by atoms with Crippen molar-refractivity contribution in [1.82, 2.24) is 19.7 Å². The van der Waals surface area contributed by atoms with Crippen LogP contribution in [0.3, 0.4) is 0 Å². The third-order valence-electron chi connectivity index (χ3n) is 4.44. The maximum atomic E-state index is 4.63. The van der Waals surface area contributed by atoms with Crippen molar-refractivity contribution in [1.29, 1.82) is 0 Å². The van der Waals surface area contributed by atoms with Gasteiger partial charge in [0.05, 0.1) is 0 Å². The minimum Gasteiger partial charge on any atom is -0.297 e. The Morgan fingerprint density at radius 1 is 1.24 bits per heavy atom. The zero-order valence-electron chi connectivity index (χ0n) is 13.2. The van der Waals surface area contributed by atoms with E-state index in [1.807, 2.05) is 11.7 Å². The number of likely N-dealkylation sites (tertiary alicyclic amines) is 1. The monoisotopic (exact) mass is 284 g/mol. The molecule has 4 heteroatoms. The number of rotatable bonds is 4. The predicted octanol–water partition coefficient (Wildman–Crippen LogP) is 3.20. The lowest BCUT2D eigenvalue weighted by Gasteiger charge is -2.24. The highest BCUT2D eigenvalue weighted by Gasteiger charge is 2.20. The van der Waals surface area contributed by atoms with Crippen molar-refractivity contribution in [3.8, 4) is 11.4 Å². The third kappa shape index (κ3) is 2.86. The molecule has 0 aliphatic carbocycles. The van der Waals surface area contributed by atoms with E-state index < -0.39 is 0 Å². The summed E-state index contributed by atoms with van der Waals surface area (Å²) in [6.45, 7) is 6.83. The lowest BCUT2D eigenvalue weighted by Crippen LogP contribution is -2.23. The summed E-state index contributed by atoms with van der Waals surface area (Å²) in [5, 5.41) is 4.45. The van der Waals surface area contributed by atoms with Crippen molar-refractivity contribution >= 4 is 0 Å². The molecular formula is C17H24N4. The van der Waals surface area contributed by atoms with Gasteiger partial charge in [-0.25, -0.2) is 9.67 Å². The van der Waals surface area contributed by atoms with Gasteiger partial charge < -0.3 is 0 Å². The highest BCUT2D eigenvalue weighted by atomic mass is 15.3. The van der Waals surface area contributed by atoms with E-state index in [4.69, 9.17) is 0 Å². The molecule has 4 nitrogen and oxygen atoms in total. The third-order valence-corrected chi connectivity index (χ3v) is 4.44. The van der Waals surface area contributed by atoms with Crippen LogP contribution in [-0.4, -0.2) is 32.8 Å². The van der Waals surface area contributed by atoms with Crippen molar-refractivity contribution in [3.63, 3.8) is 0 Å². The Bertz CT molecular complexity index is 611. The molecule has 0 amide bonds. The van der Waals surface area contributed by atoms with Gasteiger partial charge in [0.15, 0.2) is 11.6 Å². The maximum absolute atomic E-state index is 4.63. The Labute approximate surface area is 126 Å². The van der Waals surface area contributed by atoms with Crippen LogP contribution in [0, 0.1) is 0 Å². The minimum atomic E-state index is 0.478. The molecule has 0 unspecified atom stereocenters. The van der Waals surface area contributed by atoms with Crippen molar-refractivity contribution in [2.75, 3.05) is 13.1 Å². The summed E-state index contributed by atoms with van der Waals surface area (Å²) in [4.78, 5) is 7.20. The molecule has 0 saturated carbocycles. The average Bonchev–Trinajstić information content (AvgIpc) is 3.16. The summed E-state index contributed by atoms with van der Waals surface area (Å²) >= 11 is 0. The van der Waals surface area contributed by atoms with Gasteiger partial charge in [0.25, 0.3) is 0 Å². The van der Waals surface area contributed by atoms with E-state index in [9.17, 15) is 0 Å². The molecule has 112 valence electrons. The lowest BCUT2D eigenvalue weighted by molar-refractivity contribution is 0.263. The van der Waals surface area contributed by atoms with Crippen LogP contribution in [-0.2, 0) is 13.5 Å². The largest absolute Gasteiger partial charge is 0.297 e. The second-order valence-corrected chi connectivity index (χ2v) is 5.87. The second-order valence-electron chi connectivity index (χ2n) is 5.87. The molecule has 0 N–H and O–H groups in total. The van der Waals surface area contributed by atoms with Gasteiger partial charge in [-0.15, -0.1) is 0 Å². The maximum Gasteiger partial charge on any atom is 0.158 e. The first kappa shape index (κ1) is 14.3. The fourth-order valence-corrected chi connectivity index (χ4v) is 3.12. The number of aryl methyl sites for hydroxylation is 2. The van der Waals surface area contributed by atoms with E-state index in [2.05, 4.69) is 53.1 Å². The van der Waals surface area contributed by atoms with Crippen LogP contribution in [0.15, 0.2) is 24.3 Å². The van der Waals surface area contributed by atoms with Crippen molar-refractivity contribution in [3.05, 3.63) is 35.7 Å². The number of benzene rings is 1. The Morgan fingerprint density at radius 3 is 2.67 bits per heavy atom. The standard InChI is InChI=1S/C17H24N4/c1-4-16-18-17(20(3)19-16)15-9-7-8-14(12-15)13(2)21-10-5-6-11-21/h7-9,12-13H,4-6,10-11H2,1-3H3/t13-/m1/s1. The van der Waals surface area contributed by atoms with E-state index in [0.29, 0.717) is 6.04 Å². The SMILES string of the molecule is CCc1nc(-c2cccc([C@@H](C)N3CCCC3)c2)n(C)n1. The lowest BCUT2D eigenvalue weighted by atomic mass is 10.0. The van der Waals surface area contributed by atoms with Gasteiger partial charge in [-0.05, 0) is 44.5 Å². The molecule has 1 atom stereocenters. The fraction of sp³-hybridized carbons (Fsp3) is 0.529. The Kier molecular flexibility index (Phi) is 4.06. The summed E-state index contributed by atoms with van der Waals surface area (Å²) < 4.78 is 1.89. The molecule has 1 aromatic carbocycles. The Morgan fingerprint density at radius 2 is 2.00 bits per heavy atom. The zero-order valence-corrected chi connectivity index (χ0v) is 13.2. The summed E-state index contributed by atoms with van der Waals surface area (Å²) in [6.07, 6.45) is 3.53. The topological polar surface area (TPSA) is 34.0 Å². The smallest absolute Gasteiger partial charge is 0.158 e. The highest BCUT2D eigenvalue weighted by molar-refractivity contribution is 5.56. The quantitative estimate of drug-likeness (QED) is 0.864. The number of aromatic nitrogens is 3. The van der Waals surface area contributed by atoms with Gasteiger partial charge >= 0.3 is 0 Å². The molecule has 2 aromatic rings. The molecule has 1 aromatic heterocycles. The molecular weight excluding hydrogens is 260 g/mol. The van der Waals surface area contributed by atoms with Crippen LogP contribution >= 0.6 is 0 Å². The van der Waals surface area contributed by atoms with Crippen molar-refractivity contribution < 1.29 is 0 Å². The number of nitrogens with zero attached hydrogens (tertiary/aromatic N) is 4. The summed E-state index contributed by atoms with van der Waals surface area (Å²) in [5.41, 5.74) is 2.53. The van der Waals surface area contributed by atoms with E-state index >= 15 is 0 Å². The van der Waals surface area contributed by atoms with Gasteiger partial charge in [0.2, 0.25) is 0 Å². The zero-order chi connectivity index (χ0) is 14.8. The summed E-state index contributed by atoms with van der Waals surface area (Å²) in [7, 11) is 1.97. The number of hydrogen-bond acceptors (Lipinski definition) is 3. The van der Waals surface area contributed by atoms with Gasteiger partial charge in [-0.2, -0.15) is 5.10 Å². The summed E-state index contributed by atoms with van der Waals surface area (Å²) in [6, 6.07) is 9.24. The van der Waals surface area contributed by atoms with E-state index in [0.717, 1.165) is 23.6 Å². The molecule has 1 fully saturated rings. The molecule has 0 spiro atoms. The molecule has 3 rings (SSSR count). The molecule has 0 radical (unpaired) electrons. The van der Waals surface area contributed by atoms with Gasteiger partial charge in [0.1, 0.15) is 0 Å². The van der Waals surface area contributed by atoms with Gasteiger partial charge in [-0.1, -0.05) is 25.1 Å². The minimum absolute atomic E-state index is 0.478. The molecule has 0 bridgehead atoms. The fourth-order valence-electron chi connectivity index (χ4n) is 3.12. The van der Waals surface area contributed by atoms with E-state index in [-0.39, 0.29) is 0 Å². The van der Waals surface area contributed by atoms with Gasteiger partial charge in [-0.3, -0.25) is 4.90 Å². The van der Waals surface area contributed by atoms with E-state index in [1.54, 1.807) is 0 Å². The van der Waals surface area contributed by atoms with Crippen LogP contribution in [0.1, 0.15) is 44.1 Å². The van der Waals surface area contributed by atoms with Crippen molar-refractivity contribution in [2.45, 2.75) is 39.2 Å².